The molecular weight excluding hydrogens is 252 g/mol. The average Bonchev–Trinajstić information content (AvgIpc) is 2.34. The first-order chi connectivity index (χ1) is 9.36. The van der Waals surface area contributed by atoms with Gasteiger partial charge in [0.15, 0.2) is 0 Å². The van der Waals surface area contributed by atoms with Crippen LogP contribution in [0.25, 0.3) is 0 Å². The van der Waals surface area contributed by atoms with Crippen LogP contribution in [-0.4, -0.2) is 35.3 Å². The quantitative estimate of drug-likeness (QED) is 0.760. The van der Waals surface area contributed by atoms with E-state index in [1.165, 1.54) is 5.57 Å². The van der Waals surface area contributed by atoms with Gasteiger partial charge >= 0.3 is 0 Å². The van der Waals surface area contributed by atoms with Crippen molar-refractivity contribution in [1.82, 2.24) is 10.2 Å². The molecule has 4 heteroatoms. The Morgan fingerprint density at radius 3 is 2.50 bits per heavy atom. The van der Waals surface area contributed by atoms with Crippen LogP contribution >= 0.6 is 0 Å². The summed E-state index contributed by atoms with van der Waals surface area (Å²) < 4.78 is 0. The number of piperazine rings is 1. The molecule has 1 saturated heterocycles. The number of nitrogens with zero attached hydrogens (tertiary/aromatic N) is 1. The molecule has 1 N–H and O–H groups in total. The Morgan fingerprint density at radius 2 is 2.00 bits per heavy atom. The lowest BCUT2D eigenvalue weighted by Gasteiger charge is -2.39. The van der Waals surface area contributed by atoms with Crippen LogP contribution in [0.15, 0.2) is 11.6 Å². The zero-order valence-corrected chi connectivity index (χ0v) is 13.4. The fraction of sp³-hybridized carbons (Fsp3) is 0.750. The first-order valence-corrected chi connectivity index (χ1v) is 7.61. The second kappa shape index (κ2) is 7.46. The molecule has 20 heavy (non-hydrogen) atoms. The fourth-order valence-corrected chi connectivity index (χ4v) is 2.51. The largest absolute Gasteiger partial charge is 0.342 e. The smallest absolute Gasteiger partial charge is 0.246 e. The molecule has 0 aliphatic carbocycles. The molecule has 2 unspecified atom stereocenters. The maximum absolute atomic E-state index is 12.6. The van der Waals surface area contributed by atoms with Crippen molar-refractivity contribution in [3.63, 3.8) is 0 Å². The lowest BCUT2D eigenvalue weighted by atomic mass is 9.97. The first kappa shape index (κ1) is 16.7. The van der Waals surface area contributed by atoms with E-state index in [-0.39, 0.29) is 23.9 Å². The molecule has 0 radical (unpaired) electrons. The third-order valence-electron chi connectivity index (χ3n) is 3.54. The van der Waals surface area contributed by atoms with Gasteiger partial charge in [0.05, 0.1) is 0 Å². The van der Waals surface area contributed by atoms with Crippen LogP contribution in [0, 0.1) is 5.92 Å². The Kier molecular flexibility index (Phi) is 6.24. The van der Waals surface area contributed by atoms with E-state index in [1.807, 2.05) is 26.8 Å². The van der Waals surface area contributed by atoms with Crippen LogP contribution in [0.5, 0.6) is 0 Å². The Bertz CT molecular complexity index is 384. The number of allylic oxidation sites excluding steroid dienone is 1. The van der Waals surface area contributed by atoms with Crippen LogP contribution in [0.3, 0.4) is 0 Å². The minimum absolute atomic E-state index is 0.000689. The van der Waals surface area contributed by atoms with Crippen molar-refractivity contribution in [2.45, 2.75) is 66.0 Å². The Hall–Kier alpha value is -1.32. The number of rotatable bonds is 6. The van der Waals surface area contributed by atoms with Crippen LogP contribution in [0.2, 0.25) is 0 Å². The summed E-state index contributed by atoms with van der Waals surface area (Å²) in [5, 5.41) is 2.90. The maximum Gasteiger partial charge on any atom is 0.246 e. The molecule has 0 spiro atoms. The standard InChI is InChI=1S/C16H28N2O2/c1-6-7-14-15(19)17-13(10-12(4)5)16(20)18(14)9-8-11(2)3/h8,12-14H,6-7,9-10H2,1-5H3,(H,17,19). The Balaban J connectivity index is 2.91. The third-order valence-corrected chi connectivity index (χ3v) is 3.54. The van der Waals surface area contributed by atoms with Gasteiger partial charge in [0.2, 0.25) is 11.8 Å². The lowest BCUT2D eigenvalue weighted by Crippen LogP contribution is -2.63. The first-order valence-electron chi connectivity index (χ1n) is 7.61. The molecular formula is C16H28N2O2. The van der Waals surface area contributed by atoms with Crippen LogP contribution in [-0.2, 0) is 9.59 Å². The van der Waals surface area contributed by atoms with Crippen LogP contribution < -0.4 is 5.32 Å². The highest BCUT2D eigenvalue weighted by atomic mass is 16.2. The van der Waals surface area contributed by atoms with Crippen LogP contribution in [0.1, 0.15) is 53.9 Å². The van der Waals surface area contributed by atoms with E-state index in [0.717, 1.165) is 12.8 Å². The zero-order chi connectivity index (χ0) is 15.3. The molecule has 2 atom stereocenters. The van der Waals surface area contributed by atoms with Gasteiger partial charge in [0.25, 0.3) is 0 Å². The van der Waals surface area contributed by atoms with E-state index in [9.17, 15) is 9.59 Å². The summed E-state index contributed by atoms with van der Waals surface area (Å²) in [6.45, 7) is 10.7. The van der Waals surface area contributed by atoms with Gasteiger partial charge in [-0.25, -0.2) is 0 Å². The second-order valence-electron chi connectivity index (χ2n) is 6.27. The average molecular weight is 280 g/mol. The maximum atomic E-state index is 12.6. The highest BCUT2D eigenvalue weighted by Crippen LogP contribution is 2.19. The molecule has 1 aliphatic heterocycles. The van der Waals surface area contributed by atoms with Gasteiger partial charge in [-0.1, -0.05) is 38.8 Å². The van der Waals surface area contributed by atoms with Gasteiger partial charge in [-0.3, -0.25) is 9.59 Å². The lowest BCUT2D eigenvalue weighted by molar-refractivity contribution is -0.149. The summed E-state index contributed by atoms with van der Waals surface area (Å²) in [5.74, 6) is 0.450. The van der Waals surface area contributed by atoms with E-state index in [4.69, 9.17) is 0 Å². The molecule has 0 aromatic rings. The summed E-state index contributed by atoms with van der Waals surface area (Å²) in [6, 6.07) is -0.673. The zero-order valence-electron chi connectivity index (χ0n) is 13.4. The van der Waals surface area contributed by atoms with Gasteiger partial charge < -0.3 is 10.2 Å². The van der Waals surface area contributed by atoms with Crippen molar-refractivity contribution in [2.24, 2.45) is 5.92 Å². The predicted octanol–water partition coefficient (Wildman–Crippen LogP) is 2.49. The number of hydrogen-bond donors (Lipinski definition) is 1. The van der Waals surface area contributed by atoms with Crippen molar-refractivity contribution < 1.29 is 9.59 Å². The monoisotopic (exact) mass is 280 g/mol. The summed E-state index contributed by atoms with van der Waals surface area (Å²) in [4.78, 5) is 26.6. The third kappa shape index (κ3) is 4.36. The summed E-state index contributed by atoms with van der Waals surface area (Å²) in [5.41, 5.74) is 1.17. The van der Waals surface area contributed by atoms with Crippen molar-refractivity contribution >= 4 is 11.8 Å². The predicted molar refractivity (Wildman–Crippen MR) is 81.2 cm³/mol. The molecule has 0 bridgehead atoms. The second-order valence-corrected chi connectivity index (χ2v) is 6.27. The Morgan fingerprint density at radius 1 is 1.35 bits per heavy atom. The van der Waals surface area contributed by atoms with E-state index in [0.29, 0.717) is 18.9 Å². The summed E-state index contributed by atoms with van der Waals surface area (Å²) >= 11 is 0. The highest BCUT2D eigenvalue weighted by molar-refractivity contribution is 5.97. The van der Waals surface area contributed by atoms with Crippen molar-refractivity contribution in [3.05, 3.63) is 11.6 Å². The topological polar surface area (TPSA) is 49.4 Å². The molecule has 1 fully saturated rings. The minimum Gasteiger partial charge on any atom is -0.342 e. The molecule has 0 saturated carbocycles. The number of carbonyl (C=O) groups excluding carboxylic acids is 2. The summed E-state index contributed by atoms with van der Waals surface area (Å²) in [7, 11) is 0. The van der Waals surface area contributed by atoms with Gasteiger partial charge in [0.1, 0.15) is 12.1 Å². The summed E-state index contributed by atoms with van der Waals surface area (Å²) in [6.07, 6.45) is 4.34. The fourth-order valence-electron chi connectivity index (χ4n) is 2.51. The molecule has 1 rings (SSSR count). The SMILES string of the molecule is CCCC1C(=O)NC(CC(C)C)C(=O)N1CC=C(C)C. The van der Waals surface area contributed by atoms with Crippen LogP contribution in [0.4, 0.5) is 0 Å². The van der Waals surface area contributed by atoms with Crippen molar-refractivity contribution in [3.8, 4) is 0 Å². The van der Waals surface area contributed by atoms with E-state index < -0.39 is 0 Å². The van der Waals surface area contributed by atoms with Gasteiger partial charge in [-0.05, 0) is 32.6 Å². The normalized spacial score (nSPS) is 23.0. The molecule has 2 amide bonds. The van der Waals surface area contributed by atoms with Crippen molar-refractivity contribution in [1.29, 1.82) is 0 Å². The Labute approximate surface area is 122 Å². The minimum atomic E-state index is -0.360. The van der Waals surface area contributed by atoms with Gasteiger partial charge in [0, 0.05) is 6.54 Å². The molecule has 114 valence electrons. The molecule has 1 aliphatic rings. The van der Waals surface area contributed by atoms with Gasteiger partial charge in [-0.2, -0.15) is 0 Å². The number of amides is 2. The van der Waals surface area contributed by atoms with Gasteiger partial charge in [-0.15, -0.1) is 0 Å². The van der Waals surface area contributed by atoms with E-state index >= 15 is 0 Å². The molecule has 1 heterocycles. The molecule has 0 aromatic carbocycles. The van der Waals surface area contributed by atoms with E-state index in [1.54, 1.807) is 4.90 Å². The van der Waals surface area contributed by atoms with E-state index in [2.05, 4.69) is 19.2 Å². The number of nitrogens with one attached hydrogen (secondary N) is 1. The number of carbonyl (C=O) groups is 2. The molecule has 4 nitrogen and oxygen atoms in total. The van der Waals surface area contributed by atoms with Crippen molar-refractivity contribution in [2.75, 3.05) is 6.54 Å². The molecule has 0 aromatic heterocycles. The number of hydrogen-bond acceptors (Lipinski definition) is 2. The highest BCUT2D eigenvalue weighted by Gasteiger charge is 2.39.